The first kappa shape index (κ1) is 12.4. The van der Waals surface area contributed by atoms with Crippen LogP contribution >= 0.6 is 0 Å². The van der Waals surface area contributed by atoms with Gasteiger partial charge >= 0.3 is 0 Å². The van der Waals surface area contributed by atoms with Gasteiger partial charge in [0.2, 0.25) is 5.95 Å². The highest BCUT2D eigenvalue weighted by Crippen LogP contribution is 2.28. The molecule has 6 heteroatoms. The molecule has 108 valence electrons. The molecule has 0 bridgehead atoms. The van der Waals surface area contributed by atoms with E-state index in [-0.39, 0.29) is 0 Å². The van der Waals surface area contributed by atoms with Gasteiger partial charge in [-0.05, 0) is 13.0 Å². The molecule has 1 aliphatic heterocycles. The fourth-order valence-electron chi connectivity index (χ4n) is 2.79. The van der Waals surface area contributed by atoms with E-state index in [0.717, 1.165) is 47.9 Å². The number of rotatable bonds is 2. The molecular formula is C15H17N5O. The number of hydrogen-bond donors (Lipinski definition) is 2. The van der Waals surface area contributed by atoms with Crippen molar-refractivity contribution in [2.24, 2.45) is 0 Å². The van der Waals surface area contributed by atoms with Crippen LogP contribution in [0, 0.1) is 0 Å². The van der Waals surface area contributed by atoms with Gasteiger partial charge in [-0.2, -0.15) is 4.98 Å². The number of nitrogens with zero attached hydrogens (tertiary/aromatic N) is 3. The van der Waals surface area contributed by atoms with E-state index in [9.17, 15) is 0 Å². The van der Waals surface area contributed by atoms with Gasteiger partial charge in [0.1, 0.15) is 11.8 Å². The molecule has 1 saturated heterocycles. The topological polar surface area (TPSA) is 70.0 Å². The molecule has 1 aromatic carbocycles. The third-order valence-electron chi connectivity index (χ3n) is 3.86. The molecule has 0 saturated carbocycles. The summed E-state index contributed by atoms with van der Waals surface area (Å²) in [5, 5.41) is 11.9. The fourth-order valence-corrected chi connectivity index (χ4v) is 2.79. The van der Waals surface area contributed by atoms with Crippen molar-refractivity contribution in [1.29, 1.82) is 0 Å². The monoisotopic (exact) mass is 283 g/mol. The summed E-state index contributed by atoms with van der Waals surface area (Å²) in [4.78, 5) is 6.83. The van der Waals surface area contributed by atoms with E-state index < -0.39 is 0 Å². The first-order valence-corrected chi connectivity index (χ1v) is 7.18. The number of fused-ring (bicyclic) bond motifs is 1. The van der Waals surface area contributed by atoms with E-state index in [4.69, 9.17) is 4.42 Å². The predicted octanol–water partition coefficient (Wildman–Crippen LogP) is 2.02. The van der Waals surface area contributed by atoms with Crippen molar-refractivity contribution in [2.45, 2.75) is 13.0 Å². The van der Waals surface area contributed by atoms with Crippen LogP contribution < -0.4 is 10.2 Å². The largest absolute Gasteiger partial charge is 0.464 e. The maximum Gasteiger partial charge on any atom is 0.245 e. The molecule has 0 aliphatic carbocycles. The summed E-state index contributed by atoms with van der Waals surface area (Å²) in [6.45, 7) is 4.97. The van der Waals surface area contributed by atoms with E-state index in [1.165, 1.54) is 0 Å². The van der Waals surface area contributed by atoms with Crippen molar-refractivity contribution in [3.05, 3.63) is 30.5 Å². The smallest absolute Gasteiger partial charge is 0.245 e. The molecular weight excluding hydrogens is 266 g/mol. The summed E-state index contributed by atoms with van der Waals surface area (Å²) in [5.41, 5.74) is 1.81. The lowest BCUT2D eigenvalue weighted by molar-refractivity contribution is 0.480. The SMILES string of the molecule is CC1CN(c2n[nH]c(-c3coc4ccccc34)n2)CCN1. The van der Waals surface area contributed by atoms with Crippen molar-refractivity contribution in [2.75, 3.05) is 24.5 Å². The van der Waals surface area contributed by atoms with Crippen LogP contribution in [0.2, 0.25) is 0 Å². The zero-order chi connectivity index (χ0) is 14.2. The number of hydrogen-bond acceptors (Lipinski definition) is 5. The molecule has 1 atom stereocenters. The second-order valence-electron chi connectivity index (χ2n) is 5.43. The molecule has 2 N–H and O–H groups in total. The Bertz CT molecular complexity index is 762. The summed E-state index contributed by atoms with van der Waals surface area (Å²) >= 11 is 0. The minimum atomic E-state index is 0.454. The number of nitrogens with one attached hydrogen (secondary N) is 2. The summed E-state index contributed by atoms with van der Waals surface area (Å²) in [6.07, 6.45) is 1.73. The van der Waals surface area contributed by atoms with E-state index >= 15 is 0 Å². The molecule has 0 spiro atoms. The molecule has 3 aromatic rings. The predicted molar refractivity (Wildman–Crippen MR) is 81.3 cm³/mol. The first-order valence-electron chi connectivity index (χ1n) is 7.18. The summed E-state index contributed by atoms with van der Waals surface area (Å²) in [6, 6.07) is 8.40. The Labute approximate surface area is 122 Å². The van der Waals surface area contributed by atoms with Crippen LogP contribution in [0.4, 0.5) is 5.95 Å². The third-order valence-corrected chi connectivity index (χ3v) is 3.86. The van der Waals surface area contributed by atoms with Gasteiger partial charge in [-0.25, -0.2) is 0 Å². The zero-order valence-corrected chi connectivity index (χ0v) is 11.8. The van der Waals surface area contributed by atoms with Gasteiger partial charge in [0, 0.05) is 31.1 Å². The normalized spacial score (nSPS) is 19.3. The fraction of sp³-hybridized carbons (Fsp3) is 0.333. The Balaban J connectivity index is 1.68. The zero-order valence-electron chi connectivity index (χ0n) is 11.8. The Morgan fingerprint density at radius 3 is 3.14 bits per heavy atom. The number of H-pyrrole nitrogens is 1. The van der Waals surface area contributed by atoms with E-state index in [2.05, 4.69) is 32.3 Å². The average molecular weight is 283 g/mol. The highest BCUT2D eigenvalue weighted by Gasteiger charge is 2.20. The Kier molecular flexibility index (Phi) is 2.89. The van der Waals surface area contributed by atoms with E-state index in [1.54, 1.807) is 6.26 Å². The maximum atomic E-state index is 5.56. The van der Waals surface area contributed by atoms with E-state index in [0.29, 0.717) is 6.04 Å². The number of para-hydroxylation sites is 1. The average Bonchev–Trinajstić information content (AvgIpc) is 3.14. The van der Waals surface area contributed by atoms with Gasteiger partial charge in [-0.15, -0.1) is 5.10 Å². The molecule has 1 aliphatic rings. The number of benzene rings is 1. The summed E-state index contributed by atoms with van der Waals surface area (Å²) in [7, 11) is 0. The first-order chi connectivity index (χ1) is 10.3. The molecule has 21 heavy (non-hydrogen) atoms. The number of aromatic amines is 1. The summed E-state index contributed by atoms with van der Waals surface area (Å²) < 4.78 is 5.56. The number of piperazine rings is 1. The van der Waals surface area contributed by atoms with Crippen molar-refractivity contribution in [3.8, 4) is 11.4 Å². The van der Waals surface area contributed by atoms with Gasteiger partial charge in [0.15, 0.2) is 5.82 Å². The van der Waals surface area contributed by atoms with E-state index in [1.807, 2.05) is 24.3 Å². The van der Waals surface area contributed by atoms with Gasteiger partial charge in [0.05, 0.1) is 5.56 Å². The molecule has 2 aromatic heterocycles. The third kappa shape index (κ3) is 2.17. The van der Waals surface area contributed by atoms with Gasteiger partial charge in [-0.1, -0.05) is 18.2 Å². The van der Waals surface area contributed by atoms with Gasteiger partial charge in [-0.3, -0.25) is 5.10 Å². The Morgan fingerprint density at radius 1 is 1.33 bits per heavy atom. The van der Waals surface area contributed by atoms with Crippen molar-refractivity contribution >= 4 is 16.9 Å². The second-order valence-corrected chi connectivity index (χ2v) is 5.43. The molecule has 0 radical (unpaired) electrons. The van der Waals surface area contributed by atoms with Crippen molar-refractivity contribution < 1.29 is 4.42 Å². The second kappa shape index (κ2) is 4.89. The van der Waals surface area contributed by atoms with Crippen LogP contribution in [0.15, 0.2) is 34.9 Å². The van der Waals surface area contributed by atoms with Crippen LogP contribution in [-0.2, 0) is 0 Å². The minimum absolute atomic E-state index is 0.454. The quantitative estimate of drug-likeness (QED) is 0.753. The summed E-state index contributed by atoms with van der Waals surface area (Å²) in [5.74, 6) is 1.50. The molecule has 6 nitrogen and oxygen atoms in total. The maximum absolute atomic E-state index is 5.56. The van der Waals surface area contributed by atoms with Crippen molar-refractivity contribution in [3.63, 3.8) is 0 Å². The number of anilines is 1. The highest BCUT2D eigenvalue weighted by atomic mass is 16.3. The number of aromatic nitrogens is 3. The van der Waals surface area contributed by atoms with Crippen LogP contribution in [0.1, 0.15) is 6.92 Å². The Hall–Kier alpha value is -2.34. The van der Waals surface area contributed by atoms with Crippen LogP contribution in [0.25, 0.3) is 22.4 Å². The highest BCUT2D eigenvalue weighted by molar-refractivity contribution is 5.92. The van der Waals surface area contributed by atoms with Crippen molar-refractivity contribution in [1.82, 2.24) is 20.5 Å². The lowest BCUT2D eigenvalue weighted by Crippen LogP contribution is -2.49. The van der Waals surface area contributed by atoms with Crippen LogP contribution in [0.3, 0.4) is 0 Å². The molecule has 4 rings (SSSR count). The van der Waals surface area contributed by atoms with Crippen LogP contribution in [-0.4, -0.2) is 40.9 Å². The molecule has 3 heterocycles. The minimum Gasteiger partial charge on any atom is -0.464 e. The van der Waals surface area contributed by atoms with Gasteiger partial charge in [0.25, 0.3) is 0 Å². The lowest BCUT2D eigenvalue weighted by Gasteiger charge is -2.30. The molecule has 1 fully saturated rings. The Morgan fingerprint density at radius 2 is 2.24 bits per heavy atom. The molecule has 0 amide bonds. The standard InChI is InChI=1S/C15H17N5O/c1-10-8-20(7-6-16-10)15-17-14(18-19-15)12-9-21-13-5-3-2-4-11(12)13/h2-5,9-10,16H,6-8H2,1H3,(H,17,18,19). The number of furan rings is 1. The molecule has 1 unspecified atom stereocenters. The van der Waals surface area contributed by atoms with Gasteiger partial charge < -0.3 is 14.6 Å². The van der Waals surface area contributed by atoms with Crippen LogP contribution in [0.5, 0.6) is 0 Å². The lowest BCUT2D eigenvalue weighted by atomic mass is 10.2.